The first kappa shape index (κ1) is 16.4. The summed E-state index contributed by atoms with van der Waals surface area (Å²) in [4.78, 5) is 32.9. The molecular formula is C16H23N3O3S. The van der Waals surface area contributed by atoms with Gasteiger partial charge in [-0.2, -0.15) is 0 Å². The minimum absolute atomic E-state index is 0.0141. The monoisotopic (exact) mass is 337 g/mol. The van der Waals surface area contributed by atoms with Crippen LogP contribution in [0.3, 0.4) is 0 Å². The predicted octanol–water partition coefficient (Wildman–Crippen LogP) is 1.69. The summed E-state index contributed by atoms with van der Waals surface area (Å²) in [6.45, 7) is 2.24. The second-order valence-electron chi connectivity index (χ2n) is 6.15. The van der Waals surface area contributed by atoms with Crippen LogP contribution in [0.1, 0.15) is 36.7 Å². The summed E-state index contributed by atoms with van der Waals surface area (Å²) in [5.74, 6) is 0.281. The molecule has 126 valence electrons. The molecule has 2 saturated heterocycles. The van der Waals surface area contributed by atoms with Crippen molar-refractivity contribution in [3.63, 3.8) is 0 Å². The van der Waals surface area contributed by atoms with Crippen molar-refractivity contribution in [2.45, 2.75) is 31.7 Å². The molecule has 1 unspecified atom stereocenters. The molecular weight excluding hydrogens is 314 g/mol. The van der Waals surface area contributed by atoms with E-state index in [1.165, 1.54) is 7.11 Å². The Bertz CT molecular complexity index is 541. The van der Waals surface area contributed by atoms with Gasteiger partial charge in [-0.15, -0.1) is 11.3 Å². The summed E-state index contributed by atoms with van der Waals surface area (Å²) in [5.41, 5.74) is 0. The Hall–Kier alpha value is -1.47. The highest BCUT2D eigenvalue weighted by molar-refractivity contribution is 7.09. The molecule has 0 N–H and O–H groups in total. The Balaban J connectivity index is 1.58. The number of ether oxygens (including phenoxy) is 1. The number of hydrogen-bond acceptors (Lipinski definition) is 5. The number of carbonyl (C=O) groups is 2. The summed E-state index contributed by atoms with van der Waals surface area (Å²) >= 11 is 1.63. The van der Waals surface area contributed by atoms with Gasteiger partial charge in [0.2, 0.25) is 11.8 Å². The lowest BCUT2D eigenvalue weighted by molar-refractivity contribution is -0.143. The molecule has 0 radical (unpaired) electrons. The van der Waals surface area contributed by atoms with Crippen LogP contribution in [0.5, 0.6) is 0 Å². The number of hydrogen-bond donors (Lipinski definition) is 0. The van der Waals surface area contributed by atoms with Crippen LogP contribution in [-0.2, 0) is 14.3 Å². The molecule has 2 amide bonds. The molecule has 0 aliphatic carbocycles. The molecule has 0 aromatic carbocycles. The van der Waals surface area contributed by atoms with Crippen LogP contribution >= 0.6 is 11.3 Å². The maximum absolute atomic E-state index is 12.9. The number of rotatable bonds is 4. The van der Waals surface area contributed by atoms with Gasteiger partial charge in [0.15, 0.2) is 0 Å². The quantitative estimate of drug-likeness (QED) is 0.839. The van der Waals surface area contributed by atoms with Gasteiger partial charge in [-0.25, -0.2) is 4.98 Å². The second kappa shape index (κ2) is 7.40. The van der Waals surface area contributed by atoms with Crippen molar-refractivity contribution in [1.29, 1.82) is 0 Å². The maximum Gasteiger partial charge on any atom is 0.248 e. The van der Waals surface area contributed by atoms with Crippen LogP contribution in [0, 0.1) is 5.92 Å². The van der Waals surface area contributed by atoms with Crippen LogP contribution in [0.15, 0.2) is 11.6 Å². The number of carbonyl (C=O) groups excluding carboxylic acids is 2. The van der Waals surface area contributed by atoms with Gasteiger partial charge in [0.05, 0.1) is 6.04 Å². The Morgan fingerprint density at radius 1 is 1.30 bits per heavy atom. The molecule has 2 fully saturated rings. The number of likely N-dealkylation sites (tertiary alicyclic amines) is 2. The third kappa shape index (κ3) is 3.55. The first-order chi connectivity index (χ1) is 11.2. The Labute approximate surface area is 140 Å². The van der Waals surface area contributed by atoms with E-state index < -0.39 is 0 Å². The minimum Gasteiger partial charge on any atom is -0.375 e. The molecule has 3 heterocycles. The summed E-state index contributed by atoms with van der Waals surface area (Å²) in [5, 5.41) is 3.01. The number of piperidine rings is 1. The highest BCUT2D eigenvalue weighted by Crippen LogP contribution is 2.35. The van der Waals surface area contributed by atoms with E-state index in [4.69, 9.17) is 4.74 Å². The van der Waals surface area contributed by atoms with Crippen molar-refractivity contribution >= 4 is 23.2 Å². The van der Waals surface area contributed by atoms with Crippen molar-refractivity contribution < 1.29 is 14.3 Å². The highest BCUT2D eigenvalue weighted by Gasteiger charge is 2.36. The van der Waals surface area contributed by atoms with Crippen molar-refractivity contribution in [2.75, 3.05) is 33.4 Å². The number of methoxy groups -OCH3 is 1. The van der Waals surface area contributed by atoms with E-state index in [1.54, 1.807) is 22.4 Å². The second-order valence-corrected chi connectivity index (χ2v) is 7.07. The molecule has 1 atom stereocenters. The fourth-order valence-corrected chi connectivity index (χ4v) is 4.30. The van der Waals surface area contributed by atoms with Crippen molar-refractivity contribution in [3.05, 3.63) is 16.6 Å². The zero-order valence-corrected chi connectivity index (χ0v) is 14.3. The molecule has 23 heavy (non-hydrogen) atoms. The Morgan fingerprint density at radius 2 is 2.09 bits per heavy atom. The average molecular weight is 337 g/mol. The largest absolute Gasteiger partial charge is 0.375 e. The maximum atomic E-state index is 12.9. The lowest BCUT2D eigenvalue weighted by Gasteiger charge is -2.34. The summed E-state index contributed by atoms with van der Waals surface area (Å²) < 4.78 is 4.90. The fourth-order valence-electron chi connectivity index (χ4n) is 3.51. The van der Waals surface area contributed by atoms with E-state index in [2.05, 4.69) is 4.98 Å². The van der Waals surface area contributed by atoms with E-state index in [1.807, 2.05) is 10.3 Å². The van der Waals surface area contributed by atoms with Gasteiger partial charge >= 0.3 is 0 Å². The van der Waals surface area contributed by atoms with Gasteiger partial charge < -0.3 is 14.5 Å². The standard InChI is InChI=1S/C16H23N3O3S/c1-22-11-14(20)18-8-4-12(5-9-18)16(21)19-7-2-3-13(19)15-17-6-10-23-15/h6,10,12-13H,2-5,7-9,11H2,1H3. The molecule has 0 bridgehead atoms. The molecule has 1 aromatic rings. The molecule has 0 spiro atoms. The van der Waals surface area contributed by atoms with Crippen LogP contribution < -0.4 is 0 Å². The number of aromatic nitrogens is 1. The van der Waals surface area contributed by atoms with Gasteiger partial charge in [0, 0.05) is 44.2 Å². The number of amides is 2. The smallest absolute Gasteiger partial charge is 0.248 e. The molecule has 2 aliphatic heterocycles. The third-order valence-corrected chi connectivity index (χ3v) is 5.61. The topological polar surface area (TPSA) is 62.7 Å². The van der Waals surface area contributed by atoms with E-state index in [9.17, 15) is 9.59 Å². The number of nitrogens with zero attached hydrogens (tertiary/aromatic N) is 3. The van der Waals surface area contributed by atoms with E-state index in [-0.39, 0.29) is 30.4 Å². The zero-order chi connectivity index (χ0) is 16.2. The summed E-state index contributed by atoms with van der Waals surface area (Å²) in [6.07, 6.45) is 5.34. The van der Waals surface area contributed by atoms with Crippen molar-refractivity contribution in [3.8, 4) is 0 Å². The Morgan fingerprint density at radius 3 is 2.74 bits per heavy atom. The first-order valence-electron chi connectivity index (χ1n) is 8.17. The van der Waals surface area contributed by atoms with Gasteiger partial charge in [0.1, 0.15) is 11.6 Å². The van der Waals surface area contributed by atoms with E-state index in [0.29, 0.717) is 13.1 Å². The zero-order valence-electron chi connectivity index (χ0n) is 13.4. The van der Waals surface area contributed by atoms with Gasteiger partial charge in [-0.1, -0.05) is 0 Å². The summed E-state index contributed by atoms with van der Waals surface area (Å²) in [7, 11) is 1.53. The van der Waals surface area contributed by atoms with Crippen LogP contribution in [0.25, 0.3) is 0 Å². The van der Waals surface area contributed by atoms with Crippen molar-refractivity contribution in [1.82, 2.24) is 14.8 Å². The normalized spacial score (nSPS) is 22.6. The Kier molecular flexibility index (Phi) is 5.27. The van der Waals surface area contributed by atoms with Crippen LogP contribution in [0.2, 0.25) is 0 Å². The number of thiazole rings is 1. The van der Waals surface area contributed by atoms with E-state index >= 15 is 0 Å². The van der Waals surface area contributed by atoms with Gasteiger partial charge in [-0.05, 0) is 25.7 Å². The van der Waals surface area contributed by atoms with Crippen LogP contribution in [0.4, 0.5) is 0 Å². The summed E-state index contributed by atoms with van der Waals surface area (Å²) in [6, 6.07) is 0.149. The average Bonchev–Trinajstić information content (AvgIpc) is 3.25. The molecule has 2 aliphatic rings. The molecule has 6 nitrogen and oxygen atoms in total. The van der Waals surface area contributed by atoms with Crippen LogP contribution in [-0.4, -0.2) is 59.9 Å². The fraction of sp³-hybridized carbons (Fsp3) is 0.688. The highest BCUT2D eigenvalue weighted by atomic mass is 32.1. The molecule has 3 rings (SSSR count). The van der Waals surface area contributed by atoms with Crippen molar-refractivity contribution in [2.24, 2.45) is 5.92 Å². The minimum atomic E-state index is 0.0141. The van der Waals surface area contributed by atoms with Gasteiger partial charge in [0.25, 0.3) is 0 Å². The SMILES string of the molecule is COCC(=O)N1CCC(C(=O)N2CCCC2c2nccs2)CC1. The molecule has 0 saturated carbocycles. The first-order valence-corrected chi connectivity index (χ1v) is 9.05. The lowest BCUT2D eigenvalue weighted by Crippen LogP contribution is -2.45. The molecule has 1 aromatic heterocycles. The lowest BCUT2D eigenvalue weighted by atomic mass is 9.95. The van der Waals surface area contributed by atoms with Gasteiger partial charge in [-0.3, -0.25) is 9.59 Å². The predicted molar refractivity (Wildman–Crippen MR) is 87.0 cm³/mol. The third-order valence-electron chi connectivity index (χ3n) is 4.74. The van der Waals surface area contributed by atoms with E-state index in [0.717, 1.165) is 37.2 Å². The molecule has 7 heteroatoms.